The standard InChI is InChI=1S/C18H31BrN2/c1-6-18(7-2,13-20-15(3)4)14-21(5)12-16-9-8-10-17(19)11-16/h8-11,15,20H,6-7,12-14H2,1-5H3. The van der Waals surface area contributed by atoms with Crippen molar-refractivity contribution in [3.63, 3.8) is 0 Å². The fraction of sp³-hybridized carbons (Fsp3) is 0.667. The van der Waals surface area contributed by atoms with Gasteiger partial charge in [0.1, 0.15) is 0 Å². The molecule has 1 rings (SSSR count). The molecule has 0 amide bonds. The molecule has 0 aliphatic rings. The van der Waals surface area contributed by atoms with Crippen LogP contribution in [0.2, 0.25) is 0 Å². The van der Waals surface area contributed by atoms with E-state index in [9.17, 15) is 0 Å². The topological polar surface area (TPSA) is 15.3 Å². The summed E-state index contributed by atoms with van der Waals surface area (Å²) in [7, 11) is 2.23. The molecular formula is C18H31BrN2. The highest BCUT2D eigenvalue weighted by Crippen LogP contribution is 2.27. The molecule has 1 N–H and O–H groups in total. The molecule has 1 aromatic carbocycles. The fourth-order valence-corrected chi connectivity index (χ4v) is 3.22. The average Bonchev–Trinajstić information content (AvgIpc) is 2.43. The Morgan fingerprint density at radius 1 is 1.24 bits per heavy atom. The second-order valence-electron chi connectivity index (χ2n) is 6.54. The van der Waals surface area contributed by atoms with Crippen LogP contribution in [0.1, 0.15) is 46.1 Å². The highest BCUT2D eigenvalue weighted by Gasteiger charge is 2.27. The van der Waals surface area contributed by atoms with Crippen LogP contribution in [-0.2, 0) is 6.54 Å². The van der Waals surface area contributed by atoms with Crippen molar-refractivity contribution >= 4 is 15.9 Å². The van der Waals surface area contributed by atoms with Crippen LogP contribution < -0.4 is 5.32 Å². The zero-order chi connectivity index (χ0) is 15.9. The maximum Gasteiger partial charge on any atom is 0.0231 e. The first-order chi connectivity index (χ1) is 9.90. The van der Waals surface area contributed by atoms with E-state index in [1.165, 1.54) is 18.4 Å². The first kappa shape index (κ1) is 18.7. The summed E-state index contributed by atoms with van der Waals surface area (Å²) in [5, 5.41) is 3.63. The van der Waals surface area contributed by atoms with Gasteiger partial charge < -0.3 is 10.2 Å². The lowest BCUT2D eigenvalue weighted by atomic mass is 9.81. The van der Waals surface area contributed by atoms with Gasteiger partial charge in [0.2, 0.25) is 0 Å². The molecule has 2 nitrogen and oxygen atoms in total. The summed E-state index contributed by atoms with van der Waals surface area (Å²) in [6.45, 7) is 12.3. The lowest BCUT2D eigenvalue weighted by molar-refractivity contribution is 0.148. The van der Waals surface area contributed by atoms with Crippen LogP contribution >= 0.6 is 15.9 Å². The minimum Gasteiger partial charge on any atom is -0.314 e. The smallest absolute Gasteiger partial charge is 0.0231 e. The van der Waals surface area contributed by atoms with Gasteiger partial charge in [0.15, 0.2) is 0 Å². The van der Waals surface area contributed by atoms with Gasteiger partial charge in [0.25, 0.3) is 0 Å². The fourth-order valence-electron chi connectivity index (χ4n) is 2.78. The van der Waals surface area contributed by atoms with E-state index in [1.54, 1.807) is 0 Å². The number of halogens is 1. The molecule has 0 aliphatic carbocycles. The van der Waals surface area contributed by atoms with Crippen LogP contribution in [0.15, 0.2) is 28.7 Å². The van der Waals surface area contributed by atoms with Gasteiger partial charge in [0.05, 0.1) is 0 Å². The van der Waals surface area contributed by atoms with Crippen molar-refractivity contribution in [3.05, 3.63) is 34.3 Å². The Hall–Kier alpha value is -0.380. The molecule has 120 valence electrons. The molecule has 0 bridgehead atoms. The Labute approximate surface area is 139 Å². The minimum atomic E-state index is 0.366. The molecule has 0 fully saturated rings. The highest BCUT2D eigenvalue weighted by atomic mass is 79.9. The number of hydrogen-bond acceptors (Lipinski definition) is 2. The van der Waals surface area contributed by atoms with E-state index in [4.69, 9.17) is 0 Å². The Morgan fingerprint density at radius 3 is 2.43 bits per heavy atom. The van der Waals surface area contributed by atoms with Gasteiger partial charge in [-0.15, -0.1) is 0 Å². The molecule has 0 atom stereocenters. The molecule has 3 heteroatoms. The number of rotatable bonds is 9. The first-order valence-electron chi connectivity index (χ1n) is 8.07. The van der Waals surface area contributed by atoms with E-state index >= 15 is 0 Å². The summed E-state index contributed by atoms with van der Waals surface area (Å²) in [5.41, 5.74) is 1.73. The second kappa shape index (κ2) is 8.92. The van der Waals surface area contributed by atoms with Crippen molar-refractivity contribution in [2.75, 3.05) is 20.1 Å². The Balaban J connectivity index is 2.65. The van der Waals surface area contributed by atoms with E-state index in [2.05, 4.69) is 85.2 Å². The van der Waals surface area contributed by atoms with Crippen molar-refractivity contribution in [3.8, 4) is 0 Å². The monoisotopic (exact) mass is 354 g/mol. The van der Waals surface area contributed by atoms with Gasteiger partial charge in [-0.2, -0.15) is 0 Å². The van der Waals surface area contributed by atoms with E-state index in [-0.39, 0.29) is 0 Å². The molecule has 0 aromatic heterocycles. The summed E-state index contributed by atoms with van der Waals surface area (Å²) < 4.78 is 1.16. The van der Waals surface area contributed by atoms with Crippen LogP contribution in [0.5, 0.6) is 0 Å². The highest BCUT2D eigenvalue weighted by molar-refractivity contribution is 9.10. The average molecular weight is 355 g/mol. The van der Waals surface area contributed by atoms with Crippen LogP contribution in [0.25, 0.3) is 0 Å². The van der Waals surface area contributed by atoms with Gasteiger partial charge in [-0.05, 0) is 43.0 Å². The van der Waals surface area contributed by atoms with E-state index in [0.29, 0.717) is 11.5 Å². The van der Waals surface area contributed by atoms with Crippen LogP contribution in [0.4, 0.5) is 0 Å². The normalized spacial score (nSPS) is 12.4. The molecular weight excluding hydrogens is 324 g/mol. The predicted octanol–water partition coefficient (Wildman–Crippen LogP) is 4.69. The number of nitrogens with zero attached hydrogens (tertiary/aromatic N) is 1. The zero-order valence-corrected chi connectivity index (χ0v) is 15.8. The van der Waals surface area contributed by atoms with Crippen molar-refractivity contribution in [1.82, 2.24) is 10.2 Å². The molecule has 0 unspecified atom stereocenters. The second-order valence-corrected chi connectivity index (χ2v) is 7.46. The van der Waals surface area contributed by atoms with Gasteiger partial charge >= 0.3 is 0 Å². The zero-order valence-electron chi connectivity index (χ0n) is 14.2. The van der Waals surface area contributed by atoms with Crippen molar-refractivity contribution in [2.45, 2.75) is 53.1 Å². The SMILES string of the molecule is CCC(CC)(CNC(C)C)CN(C)Cc1cccc(Br)c1. The van der Waals surface area contributed by atoms with E-state index in [0.717, 1.165) is 24.1 Å². The third-order valence-corrected chi connectivity index (χ3v) is 4.83. The van der Waals surface area contributed by atoms with Crippen molar-refractivity contribution in [2.24, 2.45) is 5.41 Å². The van der Waals surface area contributed by atoms with Crippen LogP contribution in [-0.4, -0.2) is 31.1 Å². The summed E-state index contributed by atoms with van der Waals surface area (Å²) >= 11 is 3.55. The van der Waals surface area contributed by atoms with Gasteiger partial charge in [-0.25, -0.2) is 0 Å². The maximum absolute atomic E-state index is 3.63. The first-order valence-corrected chi connectivity index (χ1v) is 8.86. The molecule has 21 heavy (non-hydrogen) atoms. The molecule has 0 heterocycles. The van der Waals surface area contributed by atoms with Gasteiger partial charge in [-0.3, -0.25) is 0 Å². The van der Waals surface area contributed by atoms with Crippen LogP contribution in [0.3, 0.4) is 0 Å². The predicted molar refractivity (Wildman–Crippen MR) is 96.6 cm³/mol. The molecule has 0 saturated heterocycles. The van der Waals surface area contributed by atoms with E-state index < -0.39 is 0 Å². The quantitative estimate of drug-likeness (QED) is 0.692. The molecule has 0 aliphatic heterocycles. The lowest BCUT2D eigenvalue weighted by Gasteiger charge is -2.37. The summed E-state index contributed by atoms with van der Waals surface area (Å²) in [4.78, 5) is 2.46. The number of benzene rings is 1. The third kappa shape index (κ3) is 6.50. The minimum absolute atomic E-state index is 0.366. The number of hydrogen-bond donors (Lipinski definition) is 1. The summed E-state index contributed by atoms with van der Waals surface area (Å²) in [6.07, 6.45) is 2.43. The Bertz CT molecular complexity index is 413. The largest absolute Gasteiger partial charge is 0.314 e. The van der Waals surface area contributed by atoms with Crippen LogP contribution in [0, 0.1) is 5.41 Å². The van der Waals surface area contributed by atoms with Gasteiger partial charge in [0, 0.05) is 30.1 Å². The molecule has 0 radical (unpaired) electrons. The molecule has 1 aromatic rings. The van der Waals surface area contributed by atoms with Crippen molar-refractivity contribution < 1.29 is 0 Å². The summed E-state index contributed by atoms with van der Waals surface area (Å²) in [5.74, 6) is 0. The maximum atomic E-state index is 3.63. The molecule has 0 spiro atoms. The Kier molecular flexibility index (Phi) is 7.93. The third-order valence-electron chi connectivity index (χ3n) is 4.33. The lowest BCUT2D eigenvalue weighted by Crippen LogP contribution is -2.44. The van der Waals surface area contributed by atoms with Gasteiger partial charge in [-0.1, -0.05) is 55.8 Å². The Morgan fingerprint density at radius 2 is 1.90 bits per heavy atom. The summed E-state index contributed by atoms with van der Waals surface area (Å²) in [6, 6.07) is 9.16. The molecule has 0 saturated carbocycles. The van der Waals surface area contributed by atoms with E-state index in [1.807, 2.05) is 0 Å². The number of nitrogens with one attached hydrogen (secondary N) is 1. The van der Waals surface area contributed by atoms with Crippen molar-refractivity contribution in [1.29, 1.82) is 0 Å².